The Morgan fingerprint density at radius 2 is 1.69 bits per heavy atom. The summed E-state index contributed by atoms with van der Waals surface area (Å²) in [5, 5.41) is 12.6. The maximum atomic E-state index is 8.97. The molecular weight excluding hydrogens is 232 g/mol. The van der Waals surface area contributed by atoms with Crippen LogP contribution in [0.5, 0.6) is 0 Å². The van der Waals surface area contributed by atoms with E-state index in [0.29, 0.717) is 0 Å². The largest absolute Gasteiger partial charge is 0.395 e. The van der Waals surface area contributed by atoms with Crippen molar-refractivity contribution in [3.63, 3.8) is 0 Å². The third kappa shape index (κ3) is 11.1. The second-order valence-electron chi connectivity index (χ2n) is 3.15. The molecule has 0 radical (unpaired) electrons. The van der Waals surface area contributed by atoms with Crippen LogP contribution in [0.3, 0.4) is 0 Å². The molecule has 0 bridgehead atoms. The first-order valence-corrected chi connectivity index (χ1v) is 5.99. The van der Waals surface area contributed by atoms with E-state index < -0.39 is 10.3 Å². The van der Waals surface area contributed by atoms with Crippen molar-refractivity contribution in [1.82, 2.24) is 0 Å². The zero-order valence-electron chi connectivity index (χ0n) is 8.65. The fourth-order valence-electron chi connectivity index (χ4n) is 0.981. The molecule has 0 heterocycles. The normalized spacial score (nSPS) is 12.5. The van der Waals surface area contributed by atoms with Crippen LogP contribution in [-0.2, 0) is 16.7 Å². The average molecular weight is 248 g/mol. The van der Waals surface area contributed by atoms with Gasteiger partial charge in [0.1, 0.15) is 0 Å². The molecular formula is C9H16N2O4S. The van der Waals surface area contributed by atoms with E-state index in [1.165, 1.54) is 5.56 Å². The SMILES string of the molecule is NS(=O)(=O)O.N[C@@H](CO)Cc1ccccc1. The number of aliphatic hydroxyl groups is 1. The van der Waals surface area contributed by atoms with Crippen LogP contribution in [0.15, 0.2) is 30.3 Å². The predicted molar refractivity (Wildman–Crippen MR) is 60.9 cm³/mol. The molecule has 6 nitrogen and oxygen atoms in total. The molecule has 0 aliphatic rings. The quantitative estimate of drug-likeness (QED) is 0.526. The van der Waals surface area contributed by atoms with Gasteiger partial charge in [-0.1, -0.05) is 30.3 Å². The van der Waals surface area contributed by atoms with Crippen molar-refractivity contribution in [1.29, 1.82) is 0 Å². The summed E-state index contributed by atoms with van der Waals surface area (Å²) in [6, 6.07) is 9.80. The summed E-state index contributed by atoms with van der Waals surface area (Å²) in [5.74, 6) is 0. The lowest BCUT2D eigenvalue weighted by Gasteiger charge is -2.06. The van der Waals surface area contributed by atoms with E-state index in [9.17, 15) is 0 Å². The molecule has 1 aromatic rings. The van der Waals surface area contributed by atoms with Gasteiger partial charge >= 0.3 is 10.3 Å². The first-order chi connectivity index (χ1) is 7.33. The summed E-state index contributed by atoms with van der Waals surface area (Å²) in [5.41, 5.74) is 6.73. The monoisotopic (exact) mass is 248 g/mol. The van der Waals surface area contributed by atoms with E-state index in [-0.39, 0.29) is 12.6 Å². The smallest absolute Gasteiger partial charge is 0.330 e. The maximum Gasteiger partial charge on any atom is 0.330 e. The van der Waals surface area contributed by atoms with Crippen molar-refractivity contribution in [3.8, 4) is 0 Å². The lowest BCUT2D eigenvalue weighted by Crippen LogP contribution is -2.26. The second kappa shape index (κ2) is 7.31. The minimum Gasteiger partial charge on any atom is -0.395 e. The van der Waals surface area contributed by atoms with E-state index in [1.54, 1.807) is 0 Å². The van der Waals surface area contributed by atoms with Gasteiger partial charge in [-0.2, -0.15) is 8.42 Å². The number of aliphatic hydroxyl groups excluding tert-OH is 1. The zero-order valence-corrected chi connectivity index (χ0v) is 9.47. The predicted octanol–water partition coefficient (Wildman–Crippen LogP) is -0.703. The van der Waals surface area contributed by atoms with Crippen LogP contribution in [-0.4, -0.2) is 30.7 Å². The number of benzene rings is 1. The van der Waals surface area contributed by atoms with Gasteiger partial charge < -0.3 is 10.8 Å². The topological polar surface area (TPSA) is 127 Å². The Balaban J connectivity index is 0.000000385. The van der Waals surface area contributed by atoms with Gasteiger partial charge in [-0.25, -0.2) is 5.14 Å². The van der Waals surface area contributed by atoms with Gasteiger partial charge in [0.05, 0.1) is 6.61 Å². The number of hydrogen-bond donors (Lipinski definition) is 4. The first-order valence-electron chi connectivity index (χ1n) is 4.48. The number of rotatable bonds is 3. The Kier molecular flexibility index (Phi) is 6.86. The van der Waals surface area contributed by atoms with Gasteiger partial charge in [0.15, 0.2) is 0 Å². The van der Waals surface area contributed by atoms with Gasteiger partial charge in [0.25, 0.3) is 0 Å². The van der Waals surface area contributed by atoms with Crippen molar-refractivity contribution >= 4 is 10.3 Å². The molecule has 92 valence electrons. The Labute approximate surface area is 94.8 Å². The second-order valence-corrected chi connectivity index (χ2v) is 4.18. The summed E-state index contributed by atoms with van der Waals surface area (Å²) in [6.07, 6.45) is 0.747. The minimum atomic E-state index is -4.17. The Hall–Kier alpha value is -0.990. The molecule has 6 N–H and O–H groups in total. The minimum absolute atomic E-state index is 0.0505. The van der Waals surface area contributed by atoms with E-state index in [4.69, 9.17) is 23.8 Å². The molecule has 0 saturated heterocycles. The lowest BCUT2D eigenvalue weighted by atomic mass is 10.1. The fraction of sp³-hybridized carbons (Fsp3) is 0.333. The molecule has 0 spiro atoms. The molecule has 16 heavy (non-hydrogen) atoms. The highest BCUT2D eigenvalue weighted by atomic mass is 32.2. The maximum absolute atomic E-state index is 8.97. The van der Waals surface area contributed by atoms with Crippen LogP contribution in [0.1, 0.15) is 5.56 Å². The summed E-state index contributed by atoms with van der Waals surface area (Å²) < 4.78 is 25.2. The third-order valence-electron chi connectivity index (χ3n) is 1.58. The summed E-state index contributed by atoms with van der Waals surface area (Å²) in [6.45, 7) is 0.0505. The molecule has 0 aliphatic heterocycles. The third-order valence-corrected chi connectivity index (χ3v) is 1.58. The van der Waals surface area contributed by atoms with Crippen LogP contribution < -0.4 is 10.9 Å². The van der Waals surface area contributed by atoms with Crippen molar-refractivity contribution in [2.45, 2.75) is 12.5 Å². The zero-order chi connectivity index (χ0) is 12.6. The van der Waals surface area contributed by atoms with Crippen LogP contribution in [0.2, 0.25) is 0 Å². The van der Waals surface area contributed by atoms with E-state index in [1.807, 2.05) is 30.3 Å². The molecule has 1 aromatic carbocycles. The molecule has 1 rings (SSSR count). The van der Waals surface area contributed by atoms with Crippen molar-refractivity contribution < 1.29 is 18.1 Å². The fourth-order valence-corrected chi connectivity index (χ4v) is 0.981. The molecule has 0 saturated carbocycles. The molecule has 7 heteroatoms. The van der Waals surface area contributed by atoms with Gasteiger partial charge in [-0.3, -0.25) is 4.55 Å². The summed E-state index contributed by atoms with van der Waals surface area (Å²) in [4.78, 5) is 0. The van der Waals surface area contributed by atoms with Crippen LogP contribution in [0, 0.1) is 0 Å². The molecule has 0 aliphatic carbocycles. The Morgan fingerprint density at radius 3 is 2.06 bits per heavy atom. The number of nitrogens with two attached hydrogens (primary N) is 2. The molecule has 0 amide bonds. The lowest BCUT2D eigenvalue weighted by molar-refractivity contribution is 0.265. The van der Waals surface area contributed by atoms with E-state index >= 15 is 0 Å². The first kappa shape index (κ1) is 15.0. The van der Waals surface area contributed by atoms with Gasteiger partial charge in [-0.05, 0) is 12.0 Å². The van der Waals surface area contributed by atoms with Crippen LogP contribution in [0.4, 0.5) is 0 Å². The van der Waals surface area contributed by atoms with Gasteiger partial charge in [0.2, 0.25) is 0 Å². The average Bonchev–Trinajstić information content (AvgIpc) is 2.16. The summed E-state index contributed by atoms with van der Waals surface area (Å²) >= 11 is 0. The highest BCUT2D eigenvalue weighted by molar-refractivity contribution is 7.83. The summed E-state index contributed by atoms with van der Waals surface area (Å²) in [7, 11) is -4.17. The Morgan fingerprint density at radius 1 is 1.25 bits per heavy atom. The van der Waals surface area contributed by atoms with Crippen molar-refractivity contribution in [2.24, 2.45) is 10.9 Å². The Bertz CT molecular complexity index is 372. The number of hydrogen-bond acceptors (Lipinski definition) is 4. The highest BCUT2D eigenvalue weighted by Gasteiger charge is 1.99. The van der Waals surface area contributed by atoms with Crippen molar-refractivity contribution in [2.75, 3.05) is 6.61 Å². The standard InChI is InChI=1S/C9H13NO.H3NO3S/c10-9(7-11)6-8-4-2-1-3-5-8;1-5(2,3)4/h1-5,9,11H,6-7,10H2;(H3,1,2,3,4)/t9-;/m1./s1. The molecule has 0 unspecified atom stereocenters. The van der Waals surface area contributed by atoms with Gasteiger partial charge in [0, 0.05) is 6.04 Å². The van der Waals surface area contributed by atoms with E-state index in [2.05, 4.69) is 5.14 Å². The van der Waals surface area contributed by atoms with Gasteiger partial charge in [-0.15, -0.1) is 0 Å². The van der Waals surface area contributed by atoms with Crippen LogP contribution >= 0.6 is 0 Å². The molecule has 0 aromatic heterocycles. The molecule has 1 atom stereocenters. The van der Waals surface area contributed by atoms with Crippen LogP contribution in [0.25, 0.3) is 0 Å². The van der Waals surface area contributed by atoms with Crippen molar-refractivity contribution in [3.05, 3.63) is 35.9 Å². The highest BCUT2D eigenvalue weighted by Crippen LogP contribution is 2.00. The van der Waals surface area contributed by atoms with E-state index in [0.717, 1.165) is 6.42 Å². The molecule has 0 fully saturated rings.